The zero-order valence-corrected chi connectivity index (χ0v) is 10.4. The fourth-order valence-electron chi connectivity index (χ4n) is 1.60. The monoisotopic (exact) mass is 273 g/mol. The van der Waals surface area contributed by atoms with Crippen molar-refractivity contribution in [1.29, 1.82) is 0 Å². The molecule has 0 aliphatic carbocycles. The lowest BCUT2D eigenvalue weighted by atomic mass is 9.99. The van der Waals surface area contributed by atoms with E-state index >= 15 is 0 Å². The van der Waals surface area contributed by atoms with Crippen LogP contribution >= 0.6 is 0 Å². The summed E-state index contributed by atoms with van der Waals surface area (Å²) in [4.78, 5) is 11.1. The number of carbonyl (C=O) groups is 1. The van der Waals surface area contributed by atoms with Gasteiger partial charge in [-0.05, 0) is 5.56 Å². The van der Waals surface area contributed by atoms with Crippen molar-refractivity contribution in [2.45, 2.75) is 12.3 Å². The van der Waals surface area contributed by atoms with Crippen LogP contribution in [0.5, 0.6) is 0 Å². The number of benzene rings is 1. The van der Waals surface area contributed by atoms with E-state index in [0.717, 1.165) is 0 Å². The molecule has 1 unspecified atom stereocenters. The minimum Gasteiger partial charge on any atom is -0.481 e. The van der Waals surface area contributed by atoms with E-state index in [1.165, 1.54) is 0 Å². The lowest BCUT2D eigenvalue weighted by Gasteiger charge is -2.13. The molecular weight excluding hydrogens is 256 g/mol. The number of carboxylic acid groups (broad SMARTS) is 1. The molecule has 0 aromatic heterocycles. The van der Waals surface area contributed by atoms with Crippen LogP contribution in [0.15, 0.2) is 30.3 Å². The van der Waals surface area contributed by atoms with Crippen LogP contribution in [0.4, 0.5) is 8.78 Å². The van der Waals surface area contributed by atoms with Gasteiger partial charge in [-0.15, -0.1) is 0 Å². The van der Waals surface area contributed by atoms with Crippen molar-refractivity contribution >= 4 is 5.97 Å². The number of aliphatic carboxylic acids is 1. The molecule has 0 saturated heterocycles. The molecule has 19 heavy (non-hydrogen) atoms. The summed E-state index contributed by atoms with van der Waals surface area (Å²) in [6.07, 6.45) is -2.48. The van der Waals surface area contributed by atoms with Gasteiger partial charge in [-0.3, -0.25) is 4.79 Å². The van der Waals surface area contributed by atoms with Crippen molar-refractivity contribution in [2.75, 3.05) is 26.3 Å². The van der Waals surface area contributed by atoms with Crippen molar-refractivity contribution in [2.24, 2.45) is 0 Å². The fourth-order valence-corrected chi connectivity index (χ4v) is 1.60. The second kappa shape index (κ2) is 8.55. The van der Waals surface area contributed by atoms with Gasteiger partial charge in [0.2, 0.25) is 0 Å². The summed E-state index contributed by atoms with van der Waals surface area (Å²) >= 11 is 0. The summed E-state index contributed by atoms with van der Waals surface area (Å²) in [5, 5.41) is 12.0. The topological polar surface area (TPSA) is 58.6 Å². The predicted octanol–water partition coefficient (Wildman–Crippen LogP) is 1.73. The number of carboxylic acids is 1. The number of halogens is 2. The summed E-state index contributed by atoms with van der Waals surface area (Å²) in [7, 11) is 0. The van der Waals surface area contributed by atoms with Crippen LogP contribution in [0.1, 0.15) is 11.5 Å². The van der Waals surface area contributed by atoms with Gasteiger partial charge in [0.05, 0.1) is 12.5 Å². The number of hydrogen-bond donors (Lipinski definition) is 2. The highest BCUT2D eigenvalue weighted by Crippen LogP contribution is 2.14. The fraction of sp³-hybridized carbons (Fsp3) is 0.462. The largest absolute Gasteiger partial charge is 0.481 e. The minimum atomic E-state index is -2.48. The highest BCUT2D eigenvalue weighted by molar-refractivity contribution is 5.76. The van der Waals surface area contributed by atoms with Crippen LogP contribution in [0, 0.1) is 0 Å². The molecule has 1 rings (SSSR count). The maximum Gasteiger partial charge on any atom is 0.312 e. The van der Waals surface area contributed by atoms with Gasteiger partial charge in [0.25, 0.3) is 6.43 Å². The number of alkyl halides is 2. The Balaban J connectivity index is 2.30. The molecule has 0 amide bonds. The van der Waals surface area contributed by atoms with Crippen LogP contribution in [0.25, 0.3) is 0 Å². The molecule has 4 nitrogen and oxygen atoms in total. The van der Waals surface area contributed by atoms with Gasteiger partial charge in [-0.1, -0.05) is 30.3 Å². The number of nitrogens with one attached hydrogen (secondary N) is 1. The van der Waals surface area contributed by atoms with Gasteiger partial charge < -0.3 is 15.2 Å². The van der Waals surface area contributed by atoms with Crippen LogP contribution in [0.2, 0.25) is 0 Å². The molecule has 0 aliphatic heterocycles. The zero-order valence-electron chi connectivity index (χ0n) is 10.4. The molecule has 0 heterocycles. The average molecular weight is 273 g/mol. The van der Waals surface area contributed by atoms with Crippen LogP contribution in [0.3, 0.4) is 0 Å². The Kier molecular flexibility index (Phi) is 6.99. The van der Waals surface area contributed by atoms with Gasteiger partial charge in [0, 0.05) is 13.1 Å². The quantitative estimate of drug-likeness (QED) is 0.673. The van der Waals surface area contributed by atoms with Crippen molar-refractivity contribution in [1.82, 2.24) is 5.32 Å². The molecule has 1 aromatic rings. The zero-order chi connectivity index (χ0) is 14.1. The van der Waals surface area contributed by atoms with E-state index < -0.39 is 24.9 Å². The maximum atomic E-state index is 11.8. The molecule has 1 atom stereocenters. The Labute approximate surface area is 110 Å². The summed E-state index contributed by atoms with van der Waals surface area (Å²) in [5.74, 6) is -1.58. The van der Waals surface area contributed by atoms with Gasteiger partial charge >= 0.3 is 5.97 Å². The smallest absolute Gasteiger partial charge is 0.312 e. The maximum absolute atomic E-state index is 11.8. The van der Waals surface area contributed by atoms with Gasteiger partial charge in [-0.25, -0.2) is 8.78 Å². The SMILES string of the molecule is O=C(O)C(CNCCOCC(F)F)c1ccccc1. The van der Waals surface area contributed by atoms with Crippen LogP contribution in [-0.2, 0) is 9.53 Å². The Morgan fingerprint density at radius 1 is 1.32 bits per heavy atom. The lowest BCUT2D eigenvalue weighted by molar-refractivity contribution is -0.138. The van der Waals surface area contributed by atoms with Crippen LogP contribution < -0.4 is 5.32 Å². The molecule has 106 valence electrons. The van der Waals surface area contributed by atoms with Gasteiger partial charge in [-0.2, -0.15) is 0 Å². The third-order valence-corrected chi connectivity index (χ3v) is 2.52. The van der Waals surface area contributed by atoms with Crippen molar-refractivity contribution in [3.63, 3.8) is 0 Å². The van der Waals surface area contributed by atoms with Crippen molar-refractivity contribution in [3.05, 3.63) is 35.9 Å². The molecule has 2 N–H and O–H groups in total. The summed E-state index contributed by atoms with van der Waals surface area (Å²) in [5.41, 5.74) is 0.705. The first-order chi connectivity index (χ1) is 9.11. The van der Waals surface area contributed by atoms with E-state index in [1.54, 1.807) is 24.3 Å². The normalized spacial score (nSPS) is 12.6. The first-order valence-corrected chi connectivity index (χ1v) is 5.95. The minimum absolute atomic E-state index is 0.130. The Morgan fingerprint density at radius 3 is 2.58 bits per heavy atom. The second-order valence-electron chi connectivity index (χ2n) is 3.97. The predicted molar refractivity (Wildman–Crippen MR) is 66.5 cm³/mol. The van der Waals surface area contributed by atoms with E-state index in [0.29, 0.717) is 12.1 Å². The first kappa shape index (κ1) is 15.5. The highest BCUT2D eigenvalue weighted by atomic mass is 19.3. The lowest BCUT2D eigenvalue weighted by Crippen LogP contribution is -2.29. The van der Waals surface area contributed by atoms with Crippen LogP contribution in [-0.4, -0.2) is 43.8 Å². The van der Waals surface area contributed by atoms with E-state index in [9.17, 15) is 13.6 Å². The summed E-state index contributed by atoms with van der Waals surface area (Å²) < 4.78 is 28.2. The van der Waals surface area contributed by atoms with Crippen molar-refractivity contribution < 1.29 is 23.4 Å². The number of rotatable bonds is 9. The molecule has 0 fully saturated rings. The molecule has 1 aromatic carbocycles. The molecule has 0 saturated carbocycles. The molecule has 0 radical (unpaired) electrons. The second-order valence-corrected chi connectivity index (χ2v) is 3.97. The molecule has 6 heteroatoms. The first-order valence-electron chi connectivity index (χ1n) is 5.95. The van der Waals surface area contributed by atoms with E-state index in [2.05, 4.69) is 10.1 Å². The van der Waals surface area contributed by atoms with E-state index in [1.807, 2.05) is 6.07 Å². The molecule has 0 bridgehead atoms. The average Bonchev–Trinajstić information content (AvgIpc) is 2.38. The molecule has 0 aliphatic rings. The molecule has 0 spiro atoms. The Hall–Kier alpha value is -1.53. The highest BCUT2D eigenvalue weighted by Gasteiger charge is 2.18. The Bertz CT molecular complexity index is 373. The van der Waals surface area contributed by atoms with E-state index in [4.69, 9.17) is 5.11 Å². The molecular formula is C13H17F2NO3. The van der Waals surface area contributed by atoms with Gasteiger partial charge in [0.1, 0.15) is 6.61 Å². The summed E-state index contributed by atoms with van der Waals surface area (Å²) in [6.45, 7) is 0.106. The third-order valence-electron chi connectivity index (χ3n) is 2.52. The van der Waals surface area contributed by atoms with Gasteiger partial charge in [0.15, 0.2) is 0 Å². The third kappa shape index (κ3) is 6.26. The summed E-state index contributed by atoms with van der Waals surface area (Å²) in [6, 6.07) is 8.85. The van der Waals surface area contributed by atoms with E-state index in [-0.39, 0.29) is 13.2 Å². The standard InChI is InChI=1S/C13H17F2NO3/c14-12(15)9-19-7-6-16-8-11(13(17)18)10-4-2-1-3-5-10/h1-5,11-12,16H,6-9H2,(H,17,18). The Morgan fingerprint density at radius 2 is 2.00 bits per heavy atom. The number of ether oxygens (including phenoxy) is 1. The number of hydrogen-bond acceptors (Lipinski definition) is 3. The van der Waals surface area contributed by atoms with Crippen molar-refractivity contribution in [3.8, 4) is 0 Å².